The smallest absolute Gasteiger partial charge is 0.280 e. The fraction of sp³-hybridized carbons (Fsp3) is 0.300. The third kappa shape index (κ3) is 5.42. The predicted molar refractivity (Wildman–Crippen MR) is 117 cm³/mol. The molecule has 0 saturated heterocycles. The van der Waals surface area contributed by atoms with Crippen LogP contribution in [0.15, 0.2) is 30.7 Å². The van der Waals surface area contributed by atoms with Crippen LogP contribution >= 0.6 is 11.3 Å². The van der Waals surface area contributed by atoms with Gasteiger partial charge in [0.25, 0.3) is 5.91 Å². The second kappa shape index (κ2) is 9.35. The number of nitrogens with one attached hydrogen (secondary N) is 2. The van der Waals surface area contributed by atoms with Crippen LogP contribution in [0.2, 0.25) is 0 Å². The van der Waals surface area contributed by atoms with Crippen LogP contribution in [0.3, 0.4) is 0 Å². The molecule has 0 aliphatic heterocycles. The van der Waals surface area contributed by atoms with Crippen LogP contribution < -0.4 is 14.8 Å². The number of carbonyl (C=O) groups is 1. The molecule has 1 aliphatic carbocycles. The molecular weight excluding hydrogens is 476 g/mol. The summed E-state index contributed by atoms with van der Waals surface area (Å²) >= 11 is 1.04. The van der Waals surface area contributed by atoms with Gasteiger partial charge >= 0.3 is 0 Å². The fourth-order valence-corrected chi connectivity index (χ4v) is 5.06. The lowest BCUT2D eigenvalue weighted by molar-refractivity contribution is 0.0950. The monoisotopic (exact) mass is 495 g/mol. The molecule has 1 fully saturated rings. The summed E-state index contributed by atoms with van der Waals surface area (Å²) in [6, 6.07) is 1.66. The number of thiazole rings is 1. The van der Waals surface area contributed by atoms with Gasteiger partial charge < -0.3 is 10.1 Å². The van der Waals surface area contributed by atoms with Crippen molar-refractivity contribution in [1.29, 1.82) is 0 Å². The number of amides is 1. The highest BCUT2D eigenvalue weighted by Gasteiger charge is 2.36. The summed E-state index contributed by atoms with van der Waals surface area (Å²) in [5.41, 5.74) is -0.222. The lowest BCUT2D eigenvalue weighted by Crippen LogP contribution is -2.24. The van der Waals surface area contributed by atoms with Crippen LogP contribution in [-0.4, -0.2) is 41.1 Å². The summed E-state index contributed by atoms with van der Waals surface area (Å²) in [5.74, 6) is -2.06. The van der Waals surface area contributed by atoms with Crippen LogP contribution in [-0.2, 0) is 16.6 Å². The first-order valence-electron chi connectivity index (χ1n) is 9.95. The highest BCUT2D eigenvalue weighted by atomic mass is 32.2. The van der Waals surface area contributed by atoms with E-state index in [1.54, 1.807) is 0 Å². The van der Waals surface area contributed by atoms with E-state index in [9.17, 15) is 22.0 Å². The molecule has 174 valence electrons. The molecule has 0 spiro atoms. The van der Waals surface area contributed by atoms with E-state index in [2.05, 4.69) is 25.0 Å². The maximum atomic E-state index is 14.8. The third-order valence-electron chi connectivity index (χ3n) is 4.62. The van der Waals surface area contributed by atoms with Gasteiger partial charge in [-0.1, -0.05) is 0 Å². The SMILES string of the molecule is CCOc1cncc(-c2cnc(C(=O)NCc3cc(F)cc(NS(=O)(=O)C4CC4)c3F)s2)n1. The van der Waals surface area contributed by atoms with Crippen molar-refractivity contribution in [3.05, 3.63) is 52.9 Å². The van der Waals surface area contributed by atoms with E-state index >= 15 is 0 Å². The van der Waals surface area contributed by atoms with Gasteiger partial charge in [0.2, 0.25) is 15.9 Å². The maximum Gasteiger partial charge on any atom is 0.280 e. The normalized spacial score (nSPS) is 13.5. The Labute approximate surface area is 192 Å². The molecule has 0 unspecified atom stereocenters. The standard InChI is InChI=1S/C20H19F2N5O4S2/c1-2-31-17-10-23-8-15(26-17)16-9-25-20(32-16)19(28)24-7-11-5-12(21)6-14(18(11)22)27-33(29,30)13-3-4-13/h5-6,8-10,13,27H,2-4,7H2,1H3,(H,24,28). The Kier molecular flexibility index (Phi) is 6.51. The second-order valence-electron chi connectivity index (χ2n) is 7.16. The number of sulfonamides is 1. The number of carbonyl (C=O) groups excluding carboxylic acids is 1. The zero-order chi connectivity index (χ0) is 23.6. The number of ether oxygens (including phenoxy) is 1. The number of hydrogen-bond acceptors (Lipinski definition) is 8. The lowest BCUT2D eigenvalue weighted by atomic mass is 10.1. The lowest BCUT2D eigenvalue weighted by Gasteiger charge is -2.12. The van der Waals surface area contributed by atoms with Crippen molar-refractivity contribution >= 4 is 33.0 Å². The summed E-state index contributed by atoms with van der Waals surface area (Å²) in [6.45, 7) is 1.87. The first kappa shape index (κ1) is 23.0. The molecule has 1 amide bonds. The minimum atomic E-state index is -3.77. The van der Waals surface area contributed by atoms with Gasteiger partial charge in [-0.25, -0.2) is 27.2 Å². The molecule has 33 heavy (non-hydrogen) atoms. The van der Waals surface area contributed by atoms with Crippen molar-refractivity contribution in [2.24, 2.45) is 0 Å². The first-order chi connectivity index (χ1) is 15.8. The molecule has 0 radical (unpaired) electrons. The Morgan fingerprint density at radius 3 is 2.76 bits per heavy atom. The average molecular weight is 496 g/mol. The molecule has 1 aromatic carbocycles. The van der Waals surface area contributed by atoms with Crippen LogP contribution in [0.5, 0.6) is 5.88 Å². The minimum Gasteiger partial charge on any atom is -0.477 e. The summed E-state index contributed by atoms with van der Waals surface area (Å²) in [6.07, 6.45) is 5.38. The maximum absolute atomic E-state index is 14.8. The zero-order valence-corrected chi connectivity index (χ0v) is 19.0. The van der Waals surface area contributed by atoms with E-state index in [-0.39, 0.29) is 17.1 Å². The number of benzene rings is 1. The van der Waals surface area contributed by atoms with Crippen LogP contribution in [0.1, 0.15) is 35.1 Å². The van der Waals surface area contributed by atoms with E-state index < -0.39 is 38.5 Å². The van der Waals surface area contributed by atoms with Crippen molar-refractivity contribution in [2.45, 2.75) is 31.6 Å². The minimum absolute atomic E-state index is 0.0834. The van der Waals surface area contributed by atoms with Crippen molar-refractivity contribution in [1.82, 2.24) is 20.3 Å². The highest BCUT2D eigenvalue weighted by molar-refractivity contribution is 7.93. The van der Waals surface area contributed by atoms with Gasteiger partial charge in [0.05, 0.1) is 34.8 Å². The topological polar surface area (TPSA) is 123 Å². The third-order valence-corrected chi connectivity index (χ3v) is 7.50. The molecule has 9 nitrogen and oxygen atoms in total. The number of anilines is 1. The summed E-state index contributed by atoms with van der Waals surface area (Å²) in [7, 11) is -3.77. The van der Waals surface area contributed by atoms with Gasteiger partial charge in [-0.15, -0.1) is 11.3 Å². The largest absolute Gasteiger partial charge is 0.477 e. The predicted octanol–water partition coefficient (Wildman–Crippen LogP) is 3.11. The molecule has 1 aliphatic rings. The Bertz CT molecular complexity index is 1300. The quantitative estimate of drug-likeness (QED) is 0.468. The van der Waals surface area contributed by atoms with E-state index in [1.807, 2.05) is 6.92 Å². The number of halogens is 2. The van der Waals surface area contributed by atoms with E-state index in [4.69, 9.17) is 4.74 Å². The Hall–Kier alpha value is -3.19. The van der Waals surface area contributed by atoms with Crippen LogP contribution in [0.25, 0.3) is 10.6 Å². The zero-order valence-electron chi connectivity index (χ0n) is 17.3. The van der Waals surface area contributed by atoms with E-state index in [1.165, 1.54) is 18.6 Å². The van der Waals surface area contributed by atoms with Crippen molar-refractivity contribution in [2.75, 3.05) is 11.3 Å². The molecular formula is C20H19F2N5O4S2. The highest BCUT2D eigenvalue weighted by Crippen LogP contribution is 2.31. The summed E-state index contributed by atoms with van der Waals surface area (Å²) < 4.78 is 60.3. The number of rotatable bonds is 9. The molecule has 2 aromatic heterocycles. The van der Waals surface area contributed by atoms with Gasteiger partial charge in [-0.3, -0.25) is 14.5 Å². The van der Waals surface area contributed by atoms with E-state index in [0.29, 0.717) is 35.9 Å². The number of hydrogen-bond donors (Lipinski definition) is 2. The first-order valence-corrected chi connectivity index (χ1v) is 12.3. The van der Waals surface area contributed by atoms with Crippen LogP contribution in [0.4, 0.5) is 14.5 Å². The Morgan fingerprint density at radius 1 is 1.24 bits per heavy atom. The van der Waals surface area contributed by atoms with E-state index in [0.717, 1.165) is 23.5 Å². The van der Waals surface area contributed by atoms with Gasteiger partial charge in [0, 0.05) is 24.4 Å². The molecule has 2 heterocycles. The van der Waals surface area contributed by atoms with Crippen molar-refractivity contribution in [3.63, 3.8) is 0 Å². The van der Waals surface area contributed by atoms with Crippen LogP contribution in [0, 0.1) is 11.6 Å². The van der Waals surface area contributed by atoms with Crippen molar-refractivity contribution < 1.29 is 26.7 Å². The molecule has 0 atom stereocenters. The van der Waals surface area contributed by atoms with Gasteiger partial charge in [0.1, 0.15) is 11.5 Å². The summed E-state index contributed by atoms with van der Waals surface area (Å²) in [4.78, 5) is 25.4. The fourth-order valence-electron chi connectivity index (χ4n) is 2.90. The van der Waals surface area contributed by atoms with Gasteiger partial charge in [-0.05, 0) is 25.8 Å². The number of nitrogens with zero attached hydrogens (tertiary/aromatic N) is 3. The Morgan fingerprint density at radius 2 is 2.03 bits per heavy atom. The molecule has 3 aromatic rings. The van der Waals surface area contributed by atoms with Gasteiger partial charge in [-0.2, -0.15) is 0 Å². The molecule has 0 bridgehead atoms. The average Bonchev–Trinajstić information content (AvgIpc) is 3.53. The second-order valence-corrected chi connectivity index (χ2v) is 10.2. The molecule has 1 saturated carbocycles. The molecule has 2 N–H and O–H groups in total. The van der Waals surface area contributed by atoms with Crippen molar-refractivity contribution in [3.8, 4) is 16.5 Å². The summed E-state index contributed by atoms with van der Waals surface area (Å²) in [5, 5.41) is 1.96. The number of aromatic nitrogens is 3. The van der Waals surface area contributed by atoms with Gasteiger partial charge in [0.15, 0.2) is 10.8 Å². The Balaban J connectivity index is 1.45. The molecule has 13 heteroatoms. The molecule has 4 rings (SSSR count).